The lowest BCUT2D eigenvalue weighted by Gasteiger charge is -2.03. The molecule has 2 rings (SSSR count). The second kappa shape index (κ2) is 6.11. The molecule has 5 heteroatoms. The van der Waals surface area contributed by atoms with Crippen molar-refractivity contribution in [2.75, 3.05) is 13.6 Å². The number of likely N-dealkylation sites (N-methyl/N-ethyl adjacent to an activating group) is 1. The number of imidazole rings is 1. The van der Waals surface area contributed by atoms with Crippen LogP contribution >= 0.6 is 15.9 Å². The SMILES string of the molecule is CNCCc1cn(Cc2cc(F)cc(Br)c2)cn1. The molecule has 0 fully saturated rings. The van der Waals surface area contributed by atoms with Crippen molar-refractivity contribution in [3.8, 4) is 0 Å². The molecule has 3 nitrogen and oxygen atoms in total. The van der Waals surface area contributed by atoms with E-state index in [1.165, 1.54) is 12.1 Å². The number of nitrogens with zero attached hydrogens (tertiary/aromatic N) is 2. The monoisotopic (exact) mass is 311 g/mol. The van der Waals surface area contributed by atoms with Crippen molar-refractivity contribution in [2.45, 2.75) is 13.0 Å². The van der Waals surface area contributed by atoms with Crippen LogP contribution < -0.4 is 5.32 Å². The molecule has 0 aliphatic carbocycles. The van der Waals surface area contributed by atoms with Gasteiger partial charge in [0.2, 0.25) is 0 Å². The lowest BCUT2D eigenvalue weighted by Crippen LogP contribution is -2.10. The van der Waals surface area contributed by atoms with Gasteiger partial charge in [-0.3, -0.25) is 0 Å². The molecule has 0 aliphatic rings. The summed E-state index contributed by atoms with van der Waals surface area (Å²) in [6.07, 6.45) is 4.68. The summed E-state index contributed by atoms with van der Waals surface area (Å²) in [7, 11) is 1.92. The Balaban J connectivity index is 2.06. The molecular formula is C13H15BrFN3. The highest BCUT2D eigenvalue weighted by atomic mass is 79.9. The van der Waals surface area contributed by atoms with Gasteiger partial charge in [0.25, 0.3) is 0 Å². The van der Waals surface area contributed by atoms with E-state index in [4.69, 9.17) is 0 Å². The molecule has 2 aromatic rings. The number of halogens is 2. The van der Waals surface area contributed by atoms with Crippen molar-refractivity contribution >= 4 is 15.9 Å². The highest BCUT2D eigenvalue weighted by Gasteiger charge is 2.02. The minimum Gasteiger partial charge on any atom is -0.333 e. The molecule has 0 bridgehead atoms. The zero-order valence-corrected chi connectivity index (χ0v) is 11.7. The fourth-order valence-corrected chi connectivity index (χ4v) is 2.30. The summed E-state index contributed by atoms with van der Waals surface area (Å²) < 4.78 is 16.0. The van der Waals surface area contributed by atoms with E-state index in [1.54, 1.807) is 6.33 Å². The number of hydrogen-bond acceptors (Lipinski definition) is 2. The van der Waals surface area contributed by atoms with Gasteiger partial charge in [0.1, 0.15) is 5.82 Å². The fraction of sp³-hybridized carbons (Fsp3) is 0.308. The third-order valence-electron chi connectivity index (χ3n) is 2.61. The summed E-state index contributed by atoms with van der Waals surface area (Å²) in [5.74, 6) is -0.227. The first-order valence-electron chi connectivity index (χ1n) is 5.77. The van der Waals surface area contributed by atoms with Crippen molar-refractivity contribution in [2.24, 2.45) is 0 Å². The summed E-state index contributed by atoms with van der Waals surface area (Å²) in [6, 6.07) is 4.91. The van der Waals surface area contributed by atoms with E-state index in [0.717, 1.165) is 28.7 Å². The van der Waals surface area contributed by atoms with Crippen molar-refractivity contribution in [3.05, 3.63) is 52.3 Å². The van der Waals surface area contributed by atoms with Gasteiger partial charge in [-0.1, -0.05) is 15.9 Å². The van der Waals surface area contributed by atoms with E-state index >= 15 is 0 Å². The minimum atomic E-state index is -0.227. The van der Waals surface area contributed by atoms with Crippen LogP contribution in [0.4, 0.5) is 4.39 Å². The molecular weight excluding hydrogens is 297 g/mol. The van der Waals surface area contributed by atoms with E-state index in [0.29, 0.717) is 6.54 Å². The average Bonchev–Trinajstić information content (AvgIpc) is 2.72. The van der Waals surface area contributed by atoms with Gasteiger partial charge >= 0.3 is 0 Å². The molecule has 0 saturated heterocycles. The minimum absolute atomic E-state index is 0.227. The van der Waals surface area contributed by atoms with Crippen LogP contribution in [0.2, 0.25) is 0 Å². The molecule has 0 spiro atoms. The molecule has 1 heterocycles. The predicted molar refractivity (Wildman–Crippen MR) is 73.1 cm³/mol. The third-order valence-corrected chi connectivity index (χ3v) is 3.06. The smallest absolute Gasteiger partial charge is 0.124 e. The van der Waals surface area contributed by atoms with Crippen LogP contribution in [-0.4, -0.2) is 23.1 Å². The van der Waals surface area contributed by atoms with Crippen LogP contribution in [0.1, 0.15) is 11.3 Å². The van der Waals surface area contributed by atoms with Crippen LogP contribution in [0, 0.1) is 5.82 Å². The van der Waals surface area contributed by atoms with E-state index in [2.05, 4.69) is 26.2 Å². The Labute approximate surface area is 114 Å². The maximum Gasteiger partial charge on any atom is 0.124 e. The summed E-state index contributed by atoms with van der Waals surface area (Å²) >= 11 is 3.29. The lowest BCUT2D eigenvalue weighted by atomic mass is 10.2. The first-order chi connectivity index (χ1) is 8.67. The maximum atomic E-state index is 13.2. The number of benzene rings is 1. The fourth-order valence-electron chi connectivity index (χ4n) is 1.79. The Hall–Kier alpha value is -1.20. The number of aromatic nitrogens is 2. The number of nitrogens with one attached hydrogen (secondary N) is 1. The van der Waals surface area contributed by atoms with Gasteiger partial charge in [-0.25, -0.2) is 9.37 Å². The molecule has 0 unspecified atom stereocenters. The number of hydrogen-bond donors (Lipinski definition) is 1. The van der Waals surface area contributed by atoms with Crippen LogP contribution in [0.3, 0.4) is 0 Å². The first kappa shape index (κ1) is 13.2. The zero-order chi connectivity index (χ0) is 13.0. The summed E-state index contributed by atoms with van der Waals surface area (Å²) in [4.78, 5) is 4.31. The van der Waals surface area contributed by atoms with Gasteiger partial charge in [0, 0.05) is 30.2 Å². The van der Waals surface area contributed by atoms with Crippen molar-refractivity contribution in [1.82, 2.24) is 14.9 Å². The molecule has 0 amide bonds. The molecule has 1 aromatic carbocycles. The van der Waals surface area contributed by atoms with Gasteiger partial charge in [0.05, 0.1) is 12.0 Å². The lowest BCUT2D eigenvalue weighted by molar-refractivity contribution is 0.622. The topological polar surface area (TPSA) is 29.9 Å². The summed E-state index contributed by atoms with van der Waals surface area (Å²) in [5, 5.41) is 3.09. The van der Waals surface area contributed by atoms with Crippen LogP contribution in [0.15, 0.2) is 35.2 Å². The Morgan fingerprint density at radius 3 is 2.94 bits per heavy atom. The molecule has 0 aliphatic heterocycles. The normalized spacial score (nSPS) is 10.8. The van der Waals surface area contributed by atoms with Gasteiger partial charge in [0.15, 0.2) is 0 Å². The highest BCUT2D eigenvalue weighted by Crippen LogP contribution is 2.16. The van der Waals surface area contributed by atoms with E-state index in [9.17, 15) is 4.39 Å². The van der Waals surface area contributed by atoms with Crippen LogP contribution in [-0.2, 0) is 13.0 Å². The molecule has 0 radical (unpaired) electrons. The number of rotatable bonds is 5. The van der Waals surface area contributed by atoms with Crippen molar-refractivity contribution in [1.29, 1.82) is 0 Å². The Kier molecular flexibility index (Phi) is 4.49. The van der Waals surface area contributed by atoms with E-state index in [-0.39, 0.29) is 5.82 Å². The zero-order valence-electron chi connectivity index (χ0n) is 10.2. The second-order valence-electron chi connectivity index (χ2n) is 4.17. The quantitative estimate of drug-likeness (QED) is 0.920. The Morgan fingerprint density at radius 2 is 2.22 bits per heavy atom. The predicted octanol–water partition coefficient (Wildman–Crippen LogP) is 2.59. The van der Waals surface area contributed by atoms with E-state index < -0.39 is 0 Å². The standard InChI is InChI=1S/C13H15BrFN3/c1-16-3-2-13-8-18(9-17-13)7-10-4-11(14)6-12(15)5-10/h4-6,8-9,16H,2-3,7H2,1H3. The Morgan fingerprint density at radius 1 is 1.39 bits per heavy atom. The highest BCUT2D eigenvalue weighted by molar-refractivity contribution is 9.10. The van der Waals surface area contributed by atoms with Gasteiger partial charge < -0.3 is 9.88 Å². The Bertz CT molecular complexity index is 504. The van der Waals surface area contributed by atoms with Gasteiger partial charge in [-0.2, -0.15) is 0 Å². The average molecular weight is 312 g/mol. The molecule has 18 heavy (non-hydrogen) atoms. The van der Waals surface area contributed by atoms with E-state index in [1.807, 2.05) is 23.9 Å². The molecule has 1 aromatic heterocycles. The van der Waals surface area contributed by atoms with Crippen LogP contribution in [0.25, 0.3) is 0 Å². The molecule has 0 saturated carbocycles. The molecule has 1 N–H and O–H groups in total. The molecule has 0 atom stereocenters. The van der Waals surface area contributed by atoms with Crippen molar-refractivity contribution in [3.63, 3.8) is 0 Å². The summed E-state index contributed by atoms with van der Waals surface area (Å²) in [6.45, 7) is 1.53. The van der Waals surface area contributed by atoms with Crippen LogP contribution in [0.5, 0.6) is 0 Å². The van der Waals surface area contributed by atoms with Gasteiger partial charge in [-0.05, 0) is 30.8 Å². The largest absolute Gasteiger partial charge is 0.333 e. The summed E-state index contributed by atoms with van der Waals surface area (Å²) in [5.41, 5.74) is 1.96. The first-order valence-corrected chi connectivity index (χ1v) is 6.57. The van der Waals surface area contributed by atoms with Crippen molar-refractivity contribution < 1.29 is 4.39 Å². The van der Waals surface area contributed by atoms with Gasteiger partial charge in [-0.15, -0.1) is 0 Å². The maximum absolute atomic E-state index is 13.2. The second-order valence-corrected chi connectivity index (χ2v) is 5.08. The third kappa shape index (κ3) is 3.65. The molecule has 96 valence electrons.